The van der Waals surface area contributed by atoms with E-state index in [1.165, 1.54) is 25.3 Å². The van der Waals surface area contributed by atoms with E-state index in [1.807, 2.05) is 0 Å². The molecule has 5 N–H and O–H groups in total. The molecule has 7 heteroatoms. The van der Waals surface area contributed by atoms with Gasteiger partial charge < -0.3 is 11.1 Å². The van der Waals surface area contributed by atoms with Crippen LogP contribution in [0.25, 0.3) is 0 Å². The summed E-state index contributed by atoms with van der Waals surface area (Å²) in [6, 6.07) is 5.20. The topological polar surface area (TPSA) is 104 Å². The molecule has 20 heavy (non-hydrogen) atoms. The highest BCUT2D eigenvalue weighted by Gasteiger charge is 2.16. The van der Waals surface area contributed by atoms with Gasteiger partial charge in [-0.2, -0.15) is 0 Å². The van der Waals surface area contributed by atoms with Gasteiger partial charge >= 0.3 is 0 Å². The average Bonchev–Trinajstić information content (AvgIpc) is 2.41. The second kappa shape index (κ2) is 6.71. The molecule has 2 rings (SSSR count). The van der Waals surface area contributed by atoms with Crippen LogP contribution < -0.4 is 15.8 Å². The lowest BCUT2D eigenvalue weighted by atomic mass is 9.95. The third kappa shape index (κ3) is 3.94. The first-order chi connectivity index (χ1) is 9.56. The minimum absolute atomic E-state index is 0.325. The van der Waals surface area contributed by atoms with Crippen molar-refractivity contribution in [2.45, 2.75) is 38.1 Å². The minimum atomic E-state index is -2.17. The molecular formula is C13H19N3O3S. The zero-order chi connectivity index (χ0) is 14.5. The number of nitrogens with one attached hydrogen (secondary N) is 2. The van der Waals surface area contributed by atoms with E-state index < -0.39 is 17.2 Å². The Balaban J connectivity index is 2.18. The number of primary amides is 1. The van der Waals surface area contributed by atoms with E-state index in [0.717, 1.165) is 12.8 Å². The molecule has 0 radical (unpaired) electrons. The maximum absolute atomic E-state index is 11.5. The highest BCUT2D eigenvalue weighted by Crippen LogP contribution is 2.25. The lowest BCUT2D eigenvalue weighted by Gasteiger charge is -2.25. The van der Waals surface area contributed by atoms with Gasteiger partial charge in [0.25, 0.3) is 17.2 Å². The van der Waals surface area contributed by atoms with E-state index in [1.54, 1.807) is 12.1 Å². The summed E-state index contributed by atoms with van der Waals surface area (Å²) in [5.41, 5.74) is 6.76. The van der Waals surface area contributed by atoms with Gasteiger partial charge in [0.15, 0.2) is 0 Å². The van der Waals surface area contributed by atoms with Gasteiger partial charge in [-0.3, -0.25) is 14.1 Å². The minimum Gasteiger partial charge on any atom is -0.382 e. The van der Waals surface area contributed by atoms with E-state index in [9.17, 15) is 9.00 Å². The summed E-state index contributed by atoms with van der Waals surface area (Å²) in [5.74, 6) is -0.560. The predicted molar refractivity (Wildman–Crippen MR) is 79.8 cm³/mol. The van der Waals surface area contributed by atoms with Crippen LogP contribution in [0.2, 0.25) is 0 Å². The highest BCUT2D eigenvalue weighted by molar-refractivity contribution is 7.80. The molecule has 0 bridgehead atoms. The molecule has 0 aliphatic heterocycles. The second-order valence-corrected chi connectivity index (χ2v) is 5.66. The van der Waals surface area contributed by atoms with E-state index in [2.05, 4.69) is 10.0 Å². The number of carbonyl (C=O) groups excluding carboxylic acids is 1. The fraction of sp³-hybridized carbons (Fsp3) is 0.462. The fourth-order valence-corrected chi connectivity index (χ4v) is 2.83. The summed E-state index contributed by atoms with van der Waals surface area (Å²) >= 11 is -2.17. The van der Waals surface area contributed by atoms with Gasteiger partial charge in [-0.05, 0) is 31.0 Å². The molecule has 0 aromatic heterocycles. The largest absolute Gasteiger partial charge is 0.382 e. The predicted octanol–water partition coefficient (Wildman–Crippen LogP) is 2.08. The van der Waals surface area contributed by atoms with Crippen molar-refractivity contribution in [2.24, 2.45) is 5.73 Å². The molecular weight excluding hydrogens is 278 g/mol. The lowest BCUT2D eigenvalue weighted by Crippen LogP contribution is -2.24. The van der Waals surface area contributed by atoms with E-state index >= 15 is 0 Å². The number of anilines is 2. The van der Waals surface area contributed by atoms with Crippen LogP contribution in [0.3, 0.4) is 0 Å². The Morgan fingerprint density at radius 2 is 2.00 bits per heavy atom. The molecule has 1 unspecified atom stereocenters. The van der Waals surface area contributed by atoms with Crippen molar-refractivity contribution in [2.75, 3.05) is 10.0 Å². The normalized spacial score (nSPS) is 17.4. The number of hydrogen-bond acceptors (Lipinski definition) is 3. The second-order valence-electron chi connectivity index (χ2n) is 4.96. The molecule has 1 aliphatic carbocycles. The van der Waals surface area contributed by atoms with Crippen LogP contribution in [0.1, 0.15) is 42.5 Å². The van der Waals surface area contributed by atoms with Gasteiger partial charge in [0.2, 0.25) is 0 Å². The highest BCUT2D eigenvalue weighted by atomic mass is 32.2. The molecule has 1 aliphatic rings. The molecule has 0 heterocycles. The van der Waals surface area contributed by atoms with Gasteiger partial charge in [-0.25, -0.2) is 4.21 Å². The summed E-state index contributed by atoms with van der Waals surface area (Å²) in [4.78, 5) is 11.5. The van der Waals surface area contributed by atoms with E-state index in [0.29, 0.717) is 23.0 Å². The van der Waals surface area contributed by atoms with Gasteiger partial charge in [-0.15, -0.1) is 0 Å². The van der Waals surface area contributed by atoms with Crippen molar-refractivity contribution in [3.8, 4) is 0 Å². The number of nitrogens with two attached hydrogens (primary N) is 1. The Morgan fingerprint density at radius 1 is 1.30 bits per heavy atom. The molecule has 1 amide bonds. The van der Waals surface area contributed by atoms with Crippen LogP contribution in [0.15, 0.2) is 18.2 Å². The lowest BCUT2D eigenvalue weighted by molar-refractivity contribution is 0.100. The molecule has 1 fully saturated rings. The Kier molecular flexibility index (Phi) is 4.97. The third-order valence-electron chi connectivity index (χ3n) is 3.45. The Bertz CT molecular complexity index is 516. The molecule has 1 saturated carbocycles. The molecule has 6 nitrogen and oxygen atoms in total. The number of amides is 1. The van der Waals surface area contributed by atoms with E-state index in [4.69, 9.17) is 10.3 Å². The van der Waals surface area contributed by atoms with Gasteiger partial charge in [0, 0.05) is 17.4 Å². The van der Waals surface area contributed by atoms with Gasteiger partial charge in [0.05, 0.1) is 5.56 Å². The summed E-state index contributed by atoms with van der Waals surface area (Å²) < 4.78 is 21.8. The quantitative estimate of drug-likeness (QED) is 0.624. The zero-order valence-electron chi connectivity index (χ0n) is 11.1. The van der Waals surface area contributed by atoms with Crippen molar-refractivity contribution >= 4 is 28.5 Å². The zero-order valence-corrected chi connectivity index (χ0v) is 11.9. The Morgan fingerprint density at radius 3 is 2.60 bits per heavy atom. The fourth-order valence-electron chi connectivity index (χ4n) is 2.51. The molecule has 0 spiro atoms. The van der Waals surface area contributed by atoms with Crippen LogP contribution in [-0.2, 0) is 11.3 Å². The van der Waals surface area contributed by atoms with Crippen LogP contribution in [0.5, 0.6) is 0 Å². The third-order valence-corrected chi connectivity index (χ3v) is 3.87. The van der Waals surface area contributed by atoms with Crippen molar-refractivity contribution in [3.63, 3.8) is 0 Å². The number of carbonyl (C=O) groups is 1. The molecule has 1 aromatic carbocycles. The monoisotopic (exact) mass is 297 g/mol. The average molecular weight is 297 g/mol. The van der Waals surface area contributed by atoms with Crippen LogP contribution in [-0.4, -0.2) is 20.7 Å². The summed E-state index contributed by atoms with van der Waals surface area (Å²) in [6.45, 7) is 0. The summed E-state index contributed by atoms with van der Waals surface area (Å²) in [5, 5.41) is 3.34. The SMILES string of the molecule is NC(=O)c1cc(NS(=O)O)ccc1NC1CCCCC1. The number of rotatable bonds is 5. The first-order valence-corrected chi connectivity index (χ1v) is 7.75. The Hall–Kier alpha value is -1.60. The maximum atomic E-state index is 11.5. The van der Waals surface area contributed by atoms with Crippen molar-refractivity contribution in [1.82, 2.24) is 0 Å². The number of hydrogen-bond donors (Lipinski definition) is 4. The molecule has 1 aromatic rings. The van der Waals surface area contributed by atoms with Crippen molar-refractivity contribution in [1.29, 1.82) is 0 Å². The first kappa shape index (κ1) is 14.8. The van der Waals surface area contributed by atoms with Crippen molar-refractivity contribution in [3.05, 3.63) is 23.8 Å². The first-order valence-electron chi connectivity index (χ1n) is 6.64. The number of benzene rings is 1. The van der Waals surface area contributed by atoms with Crippen LogP contribution in [0.4, 0.5) is 11.4 Å². The van der Waals surface area contributed by atoms with E-state index in [-0.39, 0.29) is 0 Å². The van der Waals surface area contributed by atoms with Crippen LogP contribution in [0, 0.1) is 0 Å². The smallest absolute Gasteiger partial charge is 0.259 e. The molecule has 110 valence electrons. The molecule has 1 atom stereocenters. The maximum Gasteiger partial charge on any atom is 0.259 e. The standard InChI is InChI=1S/C13H19N3O3S/c14-13(17)11-8-10(16-20(18)19)6-7-12(11)15-9-4-2-1-3-5-9/h6-9,15-16H,1-5H2,(H2,14,17)(H,18,19). The van der Waals surface area contributed by atoms with Gasteiger partial charge in [0.1, 0.15) is 0 Å². The summed E-state index contributed by atoms with van der Waals surface area (Å²) in [7, 11) is 0. The summed E-state index contributed by atoms with van der Waals surface area (Å²) in [6.07, 6.45) is 5.79. The Labute approximate surface area is 120 Å². The van der Waals surface area contributed by atoms with Crippen molar-refractivity contribution < 1.29 is 13.6 Å². The van der Waals surface area contributed by atoms with Gasteiger partial charge in [-0.1, -0.05) is 19.3 Å². The molecule has 0 saturated heterocycles. The van der Waals surface area contributed by atoms with Crippen LogP contribution >= 0.6 is 0 Å².